The average Bonchev–Trinajstić information content (AvgIpc) is 3.28. The number of para-hydroxylation sites is 1. The Kier molecular flexibility index (Phi) is 4.71. The zero-order valence-electron chi connectivity index (χ0n) is 14.9. The Morgan fingerprint density at radius 3 is 2.73 bits per heavy atom. The van der Waals surface area contributed by atoms with Crippen molar-refractivity contribution in [3.8, 4) is 11.5 Å². The van der Waals surface area contributed by atoms with Crippen LogP contribution in [0, 0.1) is 0 Å². The van der Waals surface area contributed by atoms with Gasteiger partial charge < -0.3 is 8.98 Å². The molecular formula is C21H21N3OS. The van der Waals surface area contributed by atoms with E-state index in [1.54, 1.807) is 23.7 Å². The lowest BCUT2D eigenvalue weighted by molar-refractivity contribution is 0.461. The Hall–Kier alpha value is -2.66. The first kappa shape index (κ1) is 16.8. The minimum absolute atomic E-state index is 0.375. The molecule has 4 nitrogen and oxygen atoms in total. The minimum Gasteiger partial charge on any atom is -0.454 e. The summed E-state index contributed by atoms with van der Waals surface area (Å²) in [6.45, 7) is 4.43. The van der Waals surface area contributed by atoms with E-state index in [1.165, 1.54) is 0 Å². The Balaban J connectivity index is 1.91. The molecule has 3 aromatic heterocycles. The number of hydrogen-bond acceptors (Lipinski definition) is 4. The molecule has 0 radical (unpaired) electrons. The summed E-state index contributed by atoms with van der Waals surface area (Å²) in [5.41, 5.74) is 2.86. The fourth-order valence-electron chi connectivity index (χ4n) is 3.23. The number of thiazole rings is 1. The monoisotopic (exact) mass is 363 g/mol. The first-order valence-electron chi connectivity index (χ1n) is 8.94. The number of fused-ring (bicyclic) bond motifs is 1. The van der Waals surface area contributed by atoms with Gasteiger partial charge in [0.25, 0.3) is 0 Å². The summed E-state index contributed by atoms with van der Waals surface area (Å²) in [7, 11) is 0. The van der Waals surface area contributed by atoms with Crippen molar-refractivity contribution in [3.63, 3.8) is 0 Å². The van der Waals surface area contributed by atoms with Crippen molar-refractivity contribution in [2.24, 2.45) is 4.99 Å². The van der Waals surface area contributed by atoms with Gasteiger partial charge in [-0.15, -0.1) is 11.3 Å². The summed E-state index contributed by atoms with van der Waals surface area (Å²) in [6.07, 6.45) is 5.64. The second kappa shape index (κ2) is 7.30. The van der Waals surface area contributed by atoms with E-state index in [2.05, 4.69) is 40.9 Å². The van der Waals surface area contributed by atoms with Gasteiger partial charge in [0, 0.05) is 23.0 Å². The molecule has 0 aliphatic carbocycles. The van der Waals surface area contributed by atoms with E-state index >= 15 is 0 Å². The number of hydrogen-bond donors (Lipinski definition) is 0. The van der Waals surface area contributed by atoms with E-state index in [0.717, 1.165) is 45.8 Å². The Morgan fingerprint density at radius 1 is 1.15 bits per heavy atom. The normalized spacial score (nSPS) is 12.3. The van der Waals surface area contributed by atoms with Crippen LogP contribution in [0.15, 0.2) is 69.6 Å². The fraction of sp³-hybridized carbons (Fsp3) is 0.238. The van der Waals surface area contributed by atoms with Crippen molar-refractivity contribution in [1.29, 1.82) is 0 Å². The van der Waals surface area contributed by atoms with E-state index in [0.29, 0.717) is 6.04 Å². The van der Waals surface area contributed by atoms with E-state index < -0.39 is 0 Å². The third kappa shape index (κ3) is 3.10. The molecule has 1 aromatic carbocycles. The number of furan rings is 1. The average molecular weight is 363 g/mol. The molecule has 0 N–H and O–H groups in total. The molecule has 26 heavy (non-hydrogen) atoms. The third-order valence-corrected chi connectivity index (χ3v) is 5.44. The quantitative estimate of drug-likeness (QED) is 0.439. The summed E-state index contributed by atoms with van der Waals surface area (Å²) >= 11 is 1.64. The van der Waals surface area contributed by atoms with Crippen LogP contribution in [-0.2, 0) is 0 Å². The van der Waals surface area contributed by atoms with Crippen LogP contribution in [0.3, 0.4) is 0 Å². The maximum Gasteiger partial charge on any atom is 0.190 e. The molecule has 0 aliphatic rings. The maximum atomic E-state index is 6.13. The first-order chi connectivity index (χ1) is 12.8. The van der Waals surface area contributed by atoms with Gasteiger partial charge in [0.15, 0.2) is 10.6 Å². The van der Waals surface area contributed by atoms with Crippen LogP contribution in [0.2, 0.25) is 0 Å². The van der Waals surface area contributed by atoms with Crippen LogP contribution in [0.25, 0.3) is 22.4 Å². The molecular weight excluding hydrogens is 342 g/mol. The van der Waals surface area contributed by atoms with Crippen molar-refractivity contribution >= 4 is 28.0 Å². The van der Waals surface area contributed by atoms with Crippen LogP contribution in [0.1, 0.15) is 32.7 Å². The summed E-state index contributed by atoms with van der Waals surface area (Å²) < 4.78 is 8.44. The predicted molar refractivity (Wildman–Crippen MR) is 107 cm³/mol. The minimum atomic E-state index is 0.375. The first-order valence-corrected chi connectivity index (χ1v) is 9.81. The molecule has 0 fully saturated rings. The number of rotatable bonds is 5. The molecule has 5 heteroatoms. The molecule has 0 atom stereocenters. The molecule has 0 aliphatic heterocycles. The smallest absolute Gasteiger partial charge is 0.190 e. The number of nitrogens with zero attached hydrogens (tertiary/aromatic N) is 3. The van der Waals surface area contributed by atoms with Crippen molar-refractivity contribution in [1.82, 2.24) is 9.55 Å². The zero-order chi connectivity index (χ0) is 17.9. The standard InChI is InChI=1S/C21H21N3OS/c1-3-17(4-2)24-18(20-12-15-8-5-6-10-19(15)25-20)14-26-21(24)23-16-9-7-11-22-13-16/h5-14,17H,3-4H2,1-2H3. The second-order valence-corrected chi connectivity index (χ2v) is 7.05. The lowest BCUT2D eigenvalue weighted by atomic mass is 10.1. The van der Waals surface area contributed by atoms with Crippen LogP contribution in [0.5, 0.6) is 0 Å². The molecule has 0 unspecified atom stereocenters. The fourth-order valence-corrected chi connectivity index (χ4v) is 4.19. The van der Waals surface area contributed by atoms with E-state index in [4.69, 9.17) is 9.41 Å². The molecule has 4 rings (SSSR count). The molecule has 132 valence electrons. The lowest BCUT2D eigenvalue weighted by Gasteiger charge is -2.17. The SMILES string of the molecule is CCC(CC)n1c(-c2cc3ccccc3o2)csc1=Nc1cccnc1. The van der Waals surface area contributed by atoms with Gasteiger partial charge in [0.2, 0.25) is 0 Å². The van der Waals surface area contributed by atoms with Crippen molar-refractivity contribution in [2.45, 2.75) is 32.7 Å². The molecule has 3 heterocycles. The summed E-state index contributed by atoms with van der Waals surface area (Å²) in [4.78, 5) is 9.98. The van der Waals surface area contributed by atoms with Crippen LogP contribution < -0.4 is 4.80 Å². The van der Waals surface area contributed by atoms with Crippen molar-refractivity contribution < 1.29 is 4.42 Å². The summed E-state index contributed by atoms with van der Waals surface area (Å²) in [5.74, 6) is 0.891. The highest BCUT2D eigenvalue weighted by Gasteiger charge is 2.18. The number of pyridine rings is 1. The highest BCUT2D eigenvalue weighted by molar-refractivity contribution is 7.07. The van der Waals surface area contributed by atoms with Gasteiger partial charge in [-0.3, -0.25) is 4.98 Å². The number of benzene rings is 1. The maximum absolute atomic E-state index is 6.13. The molecule has 0 spiro atoms. The van der Waals surface area contributed by atoms with Crippen LogP contribution in [-0.4, -0.2) is 9.55 Å². The number of aromatic nitrogens is 2. The topological polar surface area (TPSA) is 43.3 Å². The Morgan fingerprint density at radius 2 is 2.00 bits per heavy atom. The zero-order valence-corrected chi connectivity index (χ0v) is 15.7. The van der Waals surface area contributed by atoms with E-state index in [9.17, 15) is 0 Å². The van der Waals surface area contributed by atoms with Gasteiger partial charge in [0.1, 0.15) is 5.58 Å². The summed E-state index contributed by atoms with van der Waals surface area (Å²) in [6, 6.07) is 14.5. The van der Waals surface area contributed by atoms with Gasteiger partial charge in [-0.2, -0.15) is 0 Å². The third-order valence-electron chi connectivity index (χ3n) is 4.60. The highest BCUT2D eigenvalue weighted by atomic mass is 32.1. The van der Waals surface area contributed by atoms with Crippen molar-refractivity contribution in [2.75, 3.05) is 0 Å². The van der Waals surface area contributed by atoms with E-state index in [1.807, 2.05) is 30.3 Å². The molecule has 0 amide bonds. The van der Waals surface area contributed by atoms with Gasteiger partial charge in [-0.1, -0.05) is 32.0 Å². The largest absolute Gasteiger partial charge is 0.454 e. The van der Waals surface area contributed by atoms with Crippen molar-refractivity contribution in [3.05, 3.63) is 65.0 Å². The lowest BCUT2D eigenvalue weighted by Crippen LogP contribution is -2.21. The molecule has 0 bridgehead atoms. The van der Waals surface area contributed by atoms with Crippen LogP contribution in [0.4, 0.5) is 5.69 Å². The van der Waals surface area contributed by atoms with Gasteiger partial charge in [-0.05, 0) is 37.1 Å². The molecule has 0 saturated heterocycles. The van der Waals surface area contributed by atoms with Gasteiger partial charge >= 0.3 is 0 Å². The van der Waals surface area contributed by atoms with Crippen LogP contribution >= 0.6 is 11.3 Å². The molecule has 0 saturated carbocycles. The summed E-state index contributed by atoms with van der Waals surface area (Å²) in [5, 5.41) is 3.26. The predicted octanol–water partition coefficient (Wildman–Crippen LogP) is 5.95. The Labute approximate surface area is 156 Å². The van der Waals surface area contributed by atoms with Gasteiger partial charge in [-0.25, -0.2) is 4.99 Å². The van der Waals surface area contributed by atoms with E-state index in [-0.39, 0.29) is 0 Å². The molecule has 4 aromatic rings. The highest BCUT2D eigenvalue weighted by Crippen LogP contribution is 2.31. The second-order valence-electron chi connectivity index (χ2n) is 6.22. The van der Waals surface area contributed by atoms with Gasteiger partial charge in [0.05, 0.1) is 17.6 Å². The Bertz CT molecular complexity index is 1040.